The van der Waals surface area contributed by atoms with Gasteiger partial charge in [-0.05, 0) is 30.3 Å². The highest BCUT2D eigenvalue weighted by Crippen LogP contribution is 2.25. The quantitative estimate of drug-likeness (QED) is 0.856. The molecule has 0 bridgehead atoms. The number of hydrogen-bond acceptors (Lipinski definition) is 3. The standard InChI is InChI=1S/C12H10ClFN2O2S/c13-8-3-1-4-9(7-8)19(17,18)16-12-10(14)5-2-6-11(12)15/h1-7,16H,15H2. The van der Waals surface area contributed by atoms with Gasteiger partial charge in [-0.25, -0.2) is 12.8 Å². The van der Waals surface area contributed by atoms with Crippen LogP contribution in [-0.4, -0.2) is 8.42 Å². The molecule has 7 heteroatoms. The van der Waals surface area contributed by atoms with Crippen molar-refractivity contribution in [1.29, 1.82) is 0 Å². The average Bonchev–Trinajstić information content (AvgIpc) is 2.34. The zero-order valence-electron chi connectivity index (χ0n) is 9.60. The van der Waals surface area contributed by atoms with E-state index in [9.17, 15) is 12.8 Å². The van der Waals surface area contributed by atoms with Crippen LogP contribution in [0.15, 0.2) is 47.4 Å². The van der Waals surface area contributed by atoms with Crippen molar-refractivity contribution in [3.05, 3.63) is 53.3 Å². The number of para-hydroxylation sites is 1. The van der Waals surface area contributed by atoms with Crippen LogP contribution in [0, 0.1) is 5.82 Å². The third-order valence-electron chi connectivity index (χ3n) is 2.39. The number of hydrogen-bond donors (Lipinski definition) is 2. The van der Waals surface area contributed by atoms with Gasteiger partial charge in [0.05, 0.1) is 10.6 Å². The monoisotopic (exact) mass is 300 g/mol. The second kappa shape index (κ2) is 5.07. The minimum atomic E-state index is -3.94. The van der Waals surface area contributed by atoms with Crippen molar-refractivity contribution in [3.8, 4) is 0 Å². The molecule has 2 aromatic rings. The summed E-state index contributed by atoms with van der Waals surface area (Å²) in [7, 11) is -3.94. The summed E-state index contributed by atoms with van der Waals surface area (Å²) < 4.78 is 39.8. The van der Waals surface area contributed by atoms with Crippen molar-refractivity contribution < 1.29 is 12.8 Å². The first kappa shape index (κ1) is 13.6. The molecule has 100 valence electrons. The molecule has 0 aliphatic heterocycles. The number of benzene rings is 2. The molecule has 0 radical (unpaired) electrons. The van der Waals surface area contributed by atoms with E-state index in [0.29, 0.717) is 0 Å². The van der Waals surface area contributed by atoms with Crippen LogP contribution in [0.25, 0.3) is 0 Å². The maximum Gasteiger partial charge on any atom is 0.262 e. The van der Waals surface area contributed by atoms with E-state index >= 15 is 0 Å². The molecule has 0 aliphatic rings. The molecule has 4 nitrogen and oxygen atoms in total. The molecule has 0 saturated carbocycles. The van der Waals surface area contributed by atoms with Gasteiger partial charge in [0.25, 0.3) is 10.0 Å². The third-order valence-corrected chi connectivity index (χ3v) is 3.97. The summed E-state index contributed by atoms with van der Waals surface area (Å²) in [6, 6.07) is 9.55. The van der Waals surface area contributed by atoms with Crippen molar-refractivity contribution in [2.24, 2.45) is 0 Å². The summed E-state index contributed by atoms with van der Waals surface area (Å²) >= 11 is 5.73. The molecule has 0 heterocycles. The summed E-state index contributed by atoms with van der Waals surface area (Å²) in [5, 5.41) is 0.268. The van der Waals surface area contributed by atoms with E-state index in [1.54, 1.807) is 0 Å². The van der Waals surface area contributed by atoms with Gasteiger partial charge in [-0.2, -0.15) is 0 Å². The first-order chi connectivity index (χ1) is 8.90. The molecule has 0 aliphatic carbocycles. The Kier molecular flexibility index (Phi) is 3.64. The second-order valence-electron chi connectivity index (χ2n) is 3.77. The number of nitrogens with one attached hydrogen (secondary N) is 1. The van der Waals surface area contributed by atoms with E-state index in [0.717, 1.165) is 6.07 Å². The molecule has 0 saturated heterocycles. The summed E-state index contributed by atoms with van der Waals surface area (Å²) in [6.07, 6.45) is 0. The van der Waals surface area contributed by atoms with Crippen molar-refractivity contribution >= 4 is 33.0 Å². The Labute approximate surface area is 115 Å². The van der Waals surface area contributed by atoms with E-state index in [1.165, 1.54) is 36.4 Å². The predicted octanol–water partition coefficient (Wildman–Crippen LogP) is 2.86. The molecule has 0 fully saturated rings. The number of halogens is 2. The van der Waals surface area contributed by atoms with Crippen LogP contribution in [0.5, 0.6) is 0 Å². The van der Waals surface area contributed by atoms with Crippen LogP contribution in [0.2, 0.25) is 5.02 Å². The van der Waals surface area contributed by atoms with Crippen LogP contribution >= 0.6 is 11.6 Å². The Bertz CT molecular complexity index is 699. The summed E-state index contributed by atoms with van der Waals surface area (Å²) in [5.74, 6) is -0.745. The van der Waals surface area contributed by atoms with Gasteiger partial charge in [0.1, 0.15) is 11.5 Å². The lowest BCUT2D eigenvalue weighted by Crippen LogP contribution is -2.15. The van der Waals surface area contributed by atoms with Crippen molar-refractivity contribution in [1.82, 2.24) is 0 Å². The zero-order valence-corrected chi connectivity index (χ0v) is 11.2. The van der Waals surface area contributed by atoms with Gasteiger partial charge >= 0.3 is 0 Å². The number of rotatable bonds is 3. The highest BCUT2D eigenvalue weighted by molar-refractivity contribution is 7.92. The summed E-state index contributed by atoms with van der Waals surface area (Å²) in [5.41, 5.74) is 5.27. The normalized spacial score (nSPS) is 11.3. The van der Waals surface area contributed by atoms with Gasteiger partial charge in [0.2, 0.25) is 0 Å². The van der Waals surface area contributed by atoms with Crippen LogP contribution < -0.4 is 10.5 Å². The third kappa shape index (κ3) is 2.97. The fourth-order valence-electron chi connectivity index (χ4n) is 1.48. The maximum absolute atomic E-state index is 13.5. The molecule has 0 atom stereocenters. The van der Waals surface area contributed by atoms with E-state index in [-0.39, 0.29) is 21.3 Å². The first-order valence-corrected chi connectivity index (χ1v) is 7.08. The Morgan fingerprint density at radius 2 is 1.84 bits per heavy atom. The lowest BCUT2D eigenvalue weighted by atomic mass is 10.3. The second-order valence-corrected chi connectivity index (χ2v) is 5.89. The largest absolute Gasteiger partial charge is 0.397 e. The number of sulfonamides is 1. The molecule has 0 amide bonds. The van der Waals surface area contributed by atoms with Crippen LogP contribution in [-0.2, 0) is 10.0 Å². The predicted molar refractivity (Wildman–Crippen MR) is 73.1 cm³/mol. The molecule has 0 spiro atoms. The molecule has 2 aromatic carbocycles. The zero-order chi connectivity index (χ0) is 14.0. The molecular weight excluding hydrogens is 291 g/mol. The molecule has 19 heavy (non-hydrogen) atoms. The fourth-order valence-corrected chi connectivity index (χ4v) is 2.87. The number of anilines is 2. The number of nitrogens with two attached hydrogens (primary N) is 1. The average molecular weight is 301 g/mol. The maximum atomic E-state index is 13.5. The smallest absolute Gasteiger partial charge is 0.262 e. The molecular formula is C12H10ClFN2O2S. The van der Waals surface area contributed by atoms with Crippen molar-refractivity contribution in [3.63, 3.8) is 0 Å². The van der Waals surface area contributed by atoms with E-state index in [4.69, 9.17) is 17.3 Å². The minimum absolute atomic E-state index is 0.00519. The van der Waals surface area contributed by atoms with Gasteiger partial charge < -0.3 is 5.73 Å². The minimum Gasteiger partial charge on any atom is -0.397 e. The summed E-state index contributed by atoms with van der Waals surface area (Å²) in [6.45, 7) is 0. The van der Waals surface area contributed by atoms with Crippen LogP contribution in [0.3, 0.4) is 0 Å². The highest BCUT2D eigenvalue weighted by Gasteiger charge is 2.18. The Balaban J connectivity index is 2.42. The van der Waals surface area contributed by atoms with Gasteiger partial charge in [-0.3, -0.25) is 4.72 Å². The molecule has 2 rings (SSSR count). The van der Waals surface area contributed by atoms with E-state index in [2.05, 4.69) is 4.72 Å². The lowest BCUT2D eigenvalue weighted by Gasteiger charge is -2.11. The molecule has 0 unspecified atom stereocenters. The fraction of sp³-hybridized carbons (Fsp3) is 0. The van der Waals surface area contributed by atoms with E-state index in [1.807, 2.05) is 0 Å². The highest BCUT2D eigenvalue weighted by atomic mass is 35.5. The topological polar surface area (TPSA) is 72.2 Å². The van der Waals surface area contributed by atoms with Gasteiger partial charge in [-0.15, -0.1) is 0 Å². The lowest BCUT2D eigenvalue weighted by molar-refractivity contribution is 0.598. The molecule has 0 aromatic heterocycles. The van der Waals surface area contributed by atoms with Crippen molar-refractivity contribution in [2.45, 2.75) is 4.90 Å². The van der Waals surface area contributed by atoms with Gasteiger partial charge in [-0.1, -0.05) is 23.7 Å². The Hall–Kier alpha value is -1.79. The van der Waals surface area contributed by atoms with Gasteiger partial charge in [0.15, 0.2) is 0 Å². The van der Waals surface area contributed by atoms with Crippen LogP contribution in [0.1, 0.15) is 0 Å². The van der Waals surface area contributed by atoms with E-state index < -0.39 is 15.8 Å². The first-order valence-electron chi connectivity index (χ1n) is 5.22. The summed E-state index contributed by atoms with van der Waals surface area (Å²) in [4.78, 5) is -0.0670. The Morgan fingerprint density at radius 3 is 2.47 bits per heavy atom. The Morgan fingerprint density at radius 1 is 1.16 bits per heavy atom. The van der Waals surface area contributed by atoms with Crippen LogP contribution in [0.4, 0.5) is 15.8 Å². The van der Waals surface area contributed by atoms with Crippen molar-refractivity contribution in [2.75, 3.05) is 10.5 Å². The number of nitrogen functional groups attached to an aromatic ring is 1. The van der Waals surface area contributed by atoms with Gasteiger partial charge in [0, 0.05) is 5.02 Å². The SMILES string of the molecule is Nc1cccc(F)c1NS(=O)(=O)c1cccc(Cl)c1. The molecule has 3 N–H and O–H groups in total.